The number of carbonyl (C=O) groups is 1. The van der Waals surface area contributed by atoms with Crippen LogP contribution in [0.5, 0.6) is 5.75 Å². The van der Waals surface area contributed by atoms with Gasteiger partial charge in [0.15, 0.2) is 5.75 Å². The topological polar surface area (TPSA) is 90.8 Å². The summed E-state index contributed by atoms with van der Waals surface area (Å²) in [6.45, 7) is 2.12. The van der Waals surface area contributed by atoms with Crippen molar-refractivity contribution < 1.29 is 22.7 Å². The maximum Gasteiger partial charge on any atom is 0.264 e. The lowest BCUT2D eigenvalue weighted by Gasteiger charge is -2.24. The van der Waals surface area contributed by atoms with E-state index >= 15 is 0 Å². The van der Waals surface area contributed by atoms with Crippen LogP contribution in [0, 0.1) is 12.7 Å². The monoisotopic (exact) mass is 491 g/mol. The number of sulfonamides is 1. The zero-order valence-corrected chi connectivity index (χ0v) is 19.9. The maximum absolute atomic E-state index is 13.6. The summed E-state index contributed by atoms with van der Waals surface area (Å²) in [5.41, 5.74) is 2.49. The van der Waals surface area contributed by atoms with Gasteiger partial charge in [0.2, 0.25) is 0 Å². The first-order valence-electron chi connectivity index (χ1n) is 10.9. The average Bonchev–Trinajstić information content (AvgIpc) is 3.16. The number of aromatic hydroxyl groups is 1. The number of pyridine rings is 1. The fraction of sp³-hybridized carbons (Fsp3) is 0.154. The highest BCUT2D eigenvalue weighted by molar-refractivity contribution is 7.92. The van der Waals surface area contributed by atoms with Crippen LogP contribution in [0.2, 0.25) is 0 Å². The van der Waals surface area contributed by atoms with Crippen LogP contribution in [0.3, 0.4) is 0 Å². The molecule has 0 atom stereocenters. The quantitative estimate of drug-likeness (QED) is 0.448. The van der Waals surface area contributed by atoms with Gasteiger partial charge in [0, 0.05) is 37.3 Å². The fourth-order valence-corrected chi connectivity index (χ4v) is 5.66. The number of anilines is 1. The van der Waals surface area contributed by atoms with E-state index in [1.807, 2.05) is 6.92 Å². The molecule has 1 amide bonds. The Bertz CT molecular complexity index is 1570. The first kappa shape index (κ1) is 22.8. The van der Waals surface area contributed by atoms with Gasteiger partial charge in [-0.25, -0.2) is 12.8 Å². The molecule has 178 valence electrons. The third-order valence-corrected chi connectivity index (χ3v) is 8.01. The molecule has 2 heterocycles. The van der Waals surface area contributed by atoms with Crippen molar-refractivity contribution in [3.05, 3.63) is 94.9 Å². The summed E-state index contributed by atoms with van der Waals surface area (Å²) < 4.78 is 41.6. The number of carbonyl (C=O) groups excluding carboxylic acids is 1. The first-order chi connectivity index (χ1) is 16.7. The minimum Gasteiger partial charge on any atom is -0.505 e. The van der Waals surface area contributed by atoms with E-state index in [1.54, 1.807) is 36.4 Å². The molecule has 0 fully saturated rings. The van der Waals surface area contributed by atoms with Gasteiger partial charge < -0.3 is 10.0 Å². The highest BCUT2D eigenvalue weighted by Gasteiger charge is 2.38. The minimum absolute atomic E-state index is 0.0271. The lowest BCUT2D eigenvalue weighted by molar-refractivity contribution is 0.0764. The summed E-state index contributed by atoms with van der Waals surface area (Å²) in [5, 5.41) is 11.4. The van der Waals surface area contributed by atoms with Crippen LogP contribution in [-0.4, -0.2) is 36.4 Å². The summed E-state index contributed by atoms with van der Waals surface area (Å²) in [5.74, 6) is -1.12. The van der Waals surface area contributed by atoms with E-state index < -0.39 is 15.9 Å². The van der Waals surface area contributed by atoms with E-state index in [2.05, 4.69) is 4.98 Å². The van der Waals surface area contributed by atoms with Crippen molar-refractivity contribution in [1.29, 1.82) is 0 Å². The summed E-state index contributed by atoms with van der Waals surface area (Å²) in [7, 11) is -2.55. The lowest BCUT2D eigenvalue weighted by atomic mass is 10.0. The predicted octanol–water partition coefficient (Wildman–Crippen LogP) is 4.37. The van der Waals surface area contributed by atoms with E-state index in [-0.39, 0.29) is 46.3 Å². The number of fused-ring (bicyclic) bond motifs is 2. The molecule has 1 aliphatic heterocycles. The molecule has 5 rings (SSSR count). The molecule has 0 radical (unpaired) electrons. The molecule has 9 heteroatoms. The minimum atomic E-state index is -3.98. The third kappa shape index (κ3) is 3.77. The number of rotatable bonds is 5. The van der Waals surface area contributed by atoms with Crippen molar-refractivity contribution in [3.63, 3.8) is 0 Å². The van der Waals surface area contributed by atoms with Crippen LogP contribution in [-0.2, 0) is 23.1 Å². The Morgan fingerprint density at radius 2 is 1.77 bits per heavy atom. The predicted molar refractivity (Wildman–Crippen MR) is 130 cm³/mol. The molecule has 1 N–H and O–H groups in total. The first-order valence-corrected chi connectivity index (χ1v) is 12.3. The van der Waals surface area contributed by atoms with Gasteiger partial charge in [-0.1, -0.05) is 29.8 Å². The van der Waals surface area contributed by atoms with Crippen molar-refractivity contribution in [2.75, 3.05) is 11.4 Å². The number of amides is 1. The number of aryl methyl sites for hydroxylation is 1. The van der Waals surface area contributed by atoms with Crippen LogP contribution >= 0.6 is 0 Å². The van der Waals surface area contributed by atoms with Gasteiger partial charge in [-0.05, 0) is 48.9 Å². The number of hydrogen-bond donors (Lipinski definition) is 1. The molecule has 0 saturated heterocycles. The van der Waals surface area contributed by atoms with Crippen molar-refractivity contribution in [1.82, 2.24) is 9.88 Å². The van der Waals surface area contributed by atoms with E-state index in [0.717, 1.165) is 9.87 Å². The molecule has 0 spiro atoms. The molecule has 4 aromatic rings. The van der Waals surface area contributed by atoms with Gasteiger partial charge in [0.05, 0.1) is 16.1 Å². The van der Waals surface area contributed by atoms with E-state index in [4.69, 9.17) is 0 Å². The van der Waals surface area contributed by atoms with E-state index in [1.165, 1.54) is 42.4 Å². The molecule has 3 aromatic carbocycles. The van der Waals surface area contributed by atoms with E-state index in [9.17, 15) is 22.7 Å². The second-order valence-electron chi connectivity index (χ2n) is 8.52. The van der Waals surface area contributed by atoms with Crippen molar-refractivity contribution >= 4 is 32.5 Å². The van der Waals surface area contributed by atoms with Crippen LogP contribution in [0.25, 0.3) is 10.9 Å². The van der Waals surface area contributed by atoms with Gasteiger partial charge in [0.1, 0.15) is 11.3 Å². The number of phenolic OH excluding ortho intramolecular Hbond substituents is 1. The van der Waals surface area contributed by atoms with Crippen LogP contribution < -0.4 is 4.31 Å². The molecule has 1 aliphatic rings. The molecule has 1 aromatic heterocycles. The zero-order valence-electron chi connectivity index (χ0n) is 19.1. The molecule has 0 aliphatic carbocycles. The van der Waals surface area contributed by atoms with Gasteiger partial charge in [-0.3, -0.25) is 14.1 Å². The fourth-order valence-electron chi connectivity index (χ4n) is 4.42. The summed E-state index contributed by atoms with van der Waals surface area (Å²) in [4.78, 5) is 19.2. The second kappa shape index (κ2) is 8.35. The second-order valence-corrected chi connectivity index (χ2v) is 10.5. The van der Waals surface area contributed by atoms with Crippen LogP contribution in [0.4, 0.5) is 10.1 Å². The van der Waals surface area contributed by atoms with Gasteiger partial charge in [-0.15, -0.1) is 0 Å². The Kier molecular flexibility index (Phi) is 5.44. The smallest absolute Gasteiger partial charge is 0.264 e. The highest BCUT2D eigenvalue weighted by Crippen LogP contribution is 2.45. The molecule has 0 saturated carbocycles. The Morgan fingerprint density at radius 1 is 1.09 bits per heavy atom. The number of nitrogens with zero attached hydrogens (tertiary/aromatic N) is 3. The van der Waals surface area contributed by atoms with Crippen molar-refractivity contribution in [2.24, 2.45) is 0 Å². The standard InChI is InChI=1S/C26H22FN3O4S/c1-16-5-11-19(12-6-16)35(33,34)29(2)24-20-4-3-13-28-23(20)25(31)22-21(24)15-30(26(22)32)14-17-7-9-18(27)10-8-17/h3-13,31H,14-15H2,1-2H3. The summed E-state index contributed by atoms with van der Waals surface area (Å²) in [6.07, 6.45) is 1.47. The molecular weight excluding hydrogens is 469 g/mol. The molecular formula is C26H22FN3O4S. The van der Waals surface area contributed by atoms with Crippen molar-refractivity contribution in [2.45, 2.75) is 24.9 Å². The van der Waals surface area contributed by atoms with E-state index in [0.29, 0.717) is 16.5 Å². The molecule has 0 unspecified atom stereocenters. The largest absolute Gasteiger partial charge is 0.505 e. The number of aromatic nitrogens is 1. The Morgan fingerprint density at radius 3 is 2.46 bits per heavy atom. The van der Waals surface area contributed by atoms with Crippen LogP contribution in [0.15, 0.2) is 71.8 Å². The Labute approximate surface area is 202 Å². The highest BCUT2D eigenvalue weighted by atomic mass is 32.2. The number of halogens is 1. The summed E-state index contributed by atoms with van der Waals surface area (Å²) >= 11 is 0. The average molecular weight is 492 g/mol. The third-order valence-electron chi connectivity index (χ3n) is 6.24. The molecule has 7 nitrogen and oxygen atoms in total. The number of phenols is 1. The number of benzene rings is 3. The summed E-state index contributed by atoms with van der Waals surface area (Å²) in [6, 6.07) is 15.6. The maximum atomic E-state index is 13.6. The molecule has 0 bridgehead atoms. The van der Waals surface area contributed by atoms with Gasteiger partial charge in [0.25, 0.3) is 15.9 Å². The normalized spacial score (nSPS) is 13.3. The Balaban J connectivity index is 1.66. The SMILES string of the molecule is Cc1ccc(S(=O)(=O)N(C)c2c3c(c(O)c4ncccc24)C(=O)N(Cc2ccc(F)cc2)C3)cc1. The molecule has 35 heavy (non-hydrogen) atoms. The lowest BCUT2D eigenvalue weighted by Crippen LogP contribution is -2.28. The van der Waals surface area contributed by atoms with Gasteiger partial charge >= 0.3 is 0 Å². The van der Waals surface area contributed by atoms with Crippen LogP contribution in [0.1, 0.15) is 27.0 Å². The van der Waals surface area contributed by atoms with Gasteiger partial charge in [-0.2, -0.15) is 0 Å². The number of hydrogen-bond acceptors (Lipinski definition) is 5. The zero-order chi connectivity index (χ0) is 24.9. The Hall–Kier alpha value is -3.98. The van der Waals surface area contributed by atoms with Crippen molar-refractivity contribution in [3.8, 4) is 5.75 Å².